The second kappa shape index (κ2) is 9.53. The van der Waals surface area contributed by atoms with Gasteiger partial charge in [0.25, 0.3) is 5.91 Å². The van der Waals surface area contributed by atoms with Crippen molar-refractivity contribution in [2.75, 3.05) is 0 Å². The summed E-state index contributed by atoms with van der Waals surface area (Å²) in [6.45, 7) is 2.50. The fourth-order valence-corrected chi connectivity index (χ4v) is 3.87. The van der Waals surface area contributed by atoms with Gasteiger partial charge in [-0.05, 0) is 60.2 Å². The number of para-hydroxylation sites is 1. The largest absolute Gasteiger partial charge is 0.489 e. The van der Waals surface area contributed by atoms with Crippen LogP contribution in [0.4, 0.5) is 5.69 Å². The fraction of sp³-hybridized carbons (Fsp3) is 0.0800. The molecule has 2 N–H and O–H groups in total. The van der Waals surface area contributed by atoms with E-state index in [0.717, 1.165) is 22.9 Å². The first kappa shape index (κ1) is 21.4. The molecular weight excluding hydrogens is 424 g/mol. The maximum atomic E-state index is 12.4. The molecule has 160 valence electrons. The summed E-state index contributed by atoms with van der Waals surface area (Å²) in [5, 5.41) is 12.3. The maximum absolute atomic E-state index is 12.4. The molecule has 0 atom stereocenters. The first-order valence-corrected chi connectivity index (χ1v) is 10.7. The Balaban J connectivity index is 1.48. The molecule has 1 aliphatic heterocycles. The first-order chi connectivity index (χ1) is 15.5. The van der Waals surface area contributed by atoms with Gasteiger partial charge in [-0.3, -0.25) is 4.79 Å². The number of aryl methyl sites for hydroxylation is 1. The number of benzene rings is 3. The Morgan fingerprint density at radius 3 is 2.66 bits per heavy atom. The van der Waals surface area contributed by atoms with Crippen LogP contribution in [0, 0.1) is 6.92 Å². The molecule has 0 saturated carbocycles. The Morgan fingerprint density at radius 2 is 1.88 bits per heavy atom. The highest BCUT2D eigenvalue weighted by Crippen LogP contribution is 2.30. The SMILES string of the molecule is Cc1ccc(COc2cccc(/C=C3\SC(=Nc4ccccc4C(=O)O)NC3=O)c2)cc1. The van der Waals surface area contributed by atoms with Crippen molar-refractivity contribution < 1.29 is 19.4 Å². The molecule has 1 fully saturated rings. The monoisotopic (exact) mass is 444 g/mol. The van der Waals surface area contributed by atoms with Crippen LogP contribution in [0.2, 0.25) is 0 Å². The smallest absolute Gasteiger partial charge is 0.337 e. The molecule has 1 aliphatic rings. The zero-order valence-corrected chi connectivity index (χ0v) is 18.1. The molecule has 6 nitrogen and oxygen atoms in total. The van der Waals surface area contributed by atoms with E-state index in [0.29, 0.717) is 22.4 Å². The number of hydrogen-bond acceptors (Lipinski definition) is 5. The van der Waals surface area contributed by atoms with E-state index < -0.39 is 5.97 Å². The molecule has 0 spiro atoms. The van der Waals surface area contributed by atoms with E-state index >= 15 is 0 Å². The van der Waals surface area contributed by atoms with E-state index in [2.05, 4.69) is 10.3 Å². The molecule has 3 aromatic carbocycles. The molecular formula is C25H20N2O4S. The molecule has 0 aliphatic carbocycles. The summed E-state index contributed by atoms with van der Waals surface area (Å²) in [5.41, 5.74) is 3.45. The normalized spacial score (nSPS) is 15.7. The number of carbonyl (C=O) groups is 2. The first-order valence-electron chi connectivity index (χ1n) is 9.88. The van der Waals surface area contributed by atoms with Crippen molar-refractivity contribution in [2.45, 2.75) is 13.5 Å². The van der Waals surface area contributed by atoms with Crippen LogP contribution in [0.15, 0.2) is 82.7 Å². The van der Waals surface area contributed by atoms with Gasteiger partial charge in [-0.15, -0.1) is 0 Å². The summed E-state index contributed by atoms with van der Waals surface area (Å²) in [6, 6.07) is 22.0. The van der Waals surface area contributed by atoms with Gasteiger partial charge < -0.3 is 15.2 Å². The lowest BCUT2D eigenvalue weighted by Gasteiger charge is -2.07. The number of aromatic carboxylic acids is 1. The Morgan fingerprint density at radius 1 is 1.09 bits per heavy atom. The predicted molar refractivity (Wildman–Crippen MR) is 126 cm³/mol. The van der Waals surface area contributed by atoms with Crippen LogP contribution < -0.4 is 10.1 Å². The molecule has 0 unspecified atom stereocenters. The molecule has 1 heterocycles. The van der Waals surface area contributed by atoms with Crippen LogP contribution in [0.5, 0.6) is 5.75 Å². The van der Waals surface area contributed by atoms with Gasteiger partial charge in [0.05, 0.1) is 16.2 Å². The molecule has 1 saturated heterocycles. The van der Waals surface area contributed by atoms with Crippen molar-refractivity contribution in [1.29, 1.82) is 0 Å². The van der Waals surface area contributed by atoms with E-state index in [4.69, 9.17) is 4.74 Å². The number of rotatable bonds is 6. The highest BCUT2D eigenvalue weighted by atomic mass is 32.2. The summed E-state index contributed by atoms with van der Waals surface area (Å²) >= 11 is 1.16. The number of thioether (sulfide) groups is 1. The van der Waals surface area contributed by atoms with Gasteiger partial charge in [-0.25, -0.2) is 9.79 Å². The summed E-state index contributed by atoms with van der Waals surface area (Å²) in [4.78, 5) is 28.5. The Hall–Kier alpha value is -3.84. The number of ether oxygens (including phenoxy) is 1. The number of carboxylic acids is 1. The summed E-state index contributed by atoms with van der Waals surface area (Å²) in [5.74, 6) is -0.655. The minimum Gasteiger partial charge on any atom is -0.489 e. The van der Waals surface area contributed by atoms with Crippen molar-refractivity contribution in [3.8, 4) is 5.75 Å². The third kappa shape index (κ3) is 5.25. The van der Waals surface area contributed by atoms with Gasteiger partial charge in [0.2, 0.25) is 0 Å². The molecule has 4 rings (SSSR count). The van der Waals surface area contributed by atoms with Gasteiger partial charge in [0.1, 0.15) is 12.4 Å². The topological polar surface area (TPSA) is 88.0 Å². The summed E-state index contributed by atoms with van der Waals surface area (Å²) in [7, 11) is 0. The number of carbonyl (C=O) groups excluding carboxylic acids is 1. The predicted octanol–water partition coefficient (Wildman–Crippen LogP) is 5.16. The standard InChI is InChI=1S/C25H20N2O4S/c1-16-9-11-17(12-10-16)15-31-19-6-4-5-18(13-19)14-22-23(28)27-25(32-22)26-21-8-3-2-7-20(21)24(29)30/h2-14H,15H2,1H3,(H,29,30)(H,26,27,28)/b22-14-. The van der Waals surface area contributed by atoms with Gasteiger partial charge in [0.15, 0.2) is 5.17 Å². The van der Waals surface area contributed by atoms with Crippen LogP contribution in [-0.2, 0) is 11.4 Å². The maximum Gasteiger partial charge on any atom is 0.337 e. The lowest BCUT2D eigenvalue weighted by molar-refractivity contribution is -0.115. The minimum absolute atomic E-state index is 0.0747. The van der Waals surface area contributed by atoms with Crippen LogP contribution >= 0.6 is 11.8 Å². The van der Waals surface area contributed by atoms with E-state index in [1.807, 2.05) is 55.5 Å². The molecule has 0 aromatic heterocycles. The number of hydrogen-bond donors (Lipinski definition) is 2. The highest BCUT2D eigenvalue weighted by Gasteiger charge is 2.24. The Bertz CT molecular complexity index is 1230. The average molecular weight is 445 g/mol. The average Bonchev–Trinajstić information content (AvgIpc) is 3.12. The quantitative estimate of drug-likeness (QED) is 0.513. The van der Waals surface area contributed by atoms with Gasteiger partial charge in [0, 0.05) is 0 Å². The molecule has 32 heavy (non-hydrogen) atoms. The fourth-order valence-electron chi connectivity index (χ4n) is 3.04. The van der Waals surface area contributed by atoms with Crippen molar-refractivity contribution in [1.82, 2.24) is 5.32 Å². The van der Waals surface area contributed by atoms with Crippen LogP contribution in [0.25, 0.3) is 6.08 Å². The number of carboxylic acid groups (broad SMARTS) is 1. The lowest BCUT2D eigenvalue weighted by Crippen LogP contribution is -2.19. The lowest BCUT2D eigenvalue weighted by atomic mass is 10.1. The van der Waals surface area contributed by atoms with Gasteiger partial charge in [-0.1, -0.05) is 54.1 Å². The number of amides is 1. The zero-order valence-electron chi connectivity index (χ0n) is 17.2. The minimum atomic E-state index is -1.07. The van der Waals surface area contributed by atoms with Gasteiger partial charge >= 0.3 is 5.97 Å². The Labute approximate surface area is 189 Å². The van der Waals surface area contributed by atoms with E-state index in [1.54, 1.807) is 24.3 Å². The molecule has 1 amide bonds. The second-order valence-corrected chi connectivity index (χ2v) is 8.18. The third-order valence-corrected chi connectivity index (χ3v) is 5.60. The molecule has 0 bridgehead atoms. The molecule has 7 heteroatoms. The van der Waals surface area contributed by atoms with Crippen LogP contribution in [0.3, 0.4) is 0 Å². The molecule has 3 aromatic rings. The van der Waals surface area contributed by atoms with Crippen molar-refractivity contribution >= 4 is 40.6 Å². The second-order valence-electron chi connectivity index (χ2n) is 7.15. The summed E-state index contributed by atoms with van der Waals surface area (Å²) < 4.78 is 5.88. The number of nitrogens with zero attached hydrogens (tertiary/aromatic N) is 1. The number of amidine groups is 1. The highest BCUT2D eigenvalue weighted by molar-refractivity contribution is 8.18. The number of aliphatic imine (C=N–C) groups is 1. The van der Waals surface area contributed by atoms with Crippen molar-refractivity contribution in [3.05, 3.63) is 100.0 Å². The van der Waals surface area contributed by atoms with Gasteiger partial charge in [-0.2, -0.15) is 0 Å². The molecule has 0 radical (unpaired) electrons. The summed E-state index contributed by atoms with van der Waals surface area (Å²) in [6.07, 6.45) is 1.75. The van der Waals surface area contributed by atoms with E-state index in [-0.39, 0.29) is 17.2 Å². The zero-order chi connectivity index (χ0) is 22.5. The third-order valence-electron chi connectivity index (χ3n) is 4.69. The Kier molecular flexibility index (Phi) is 6.37. The van der Waals surface area contributed by atoms with Crippen LogP contribution in [0.1, 0.15) is 27.0 Å². The van der Waals surface area contributed by atoms with Crippen molar-refractivity contribution in [2.24, 2.45) is 4.99 Å². The van der Waals surface area contributed by atoms with Crippen molar-refractivity contribution in [3.63, 3.8) is 0 Å². The van der Waals surface area contributed by atoms with Crippen LogP contribution in [-0.4, -0.2) is 22.2 Å². The van der Waals surface area contributed by atoms with E-state index in [1.165, 1.54) is 11.6 Å². The van der Waals surface area contributed by atoms with E-state index in [9.17, 15) is 14.7 Å². The number of nitrogens with one attached hydrogen (secondary N) is 1.